The molecule has 0 aliphatic carbocycles. The first-order chi connectivity index (χ1) is 12.3. The summed E-state index contributed by atoms with van der Waals surface area (Å²) in [5.74, 6) is 0.734. The minimum Gasteiger partial charge on any atom is -0.489 e. The van der Waals surface area contributed by atoms with Crippen LogP contribution in [0.4, 0.5) is 0 Å². The van der Waals surface area contributed by atoms with Crippen LogP contribution in [0.5, 0.6) is 5.75 Å². The molecular formula is C22H17NO2. The van der Waals surface area contributed by atoms with E-state index in [-0.39, 0.29) is 5.56 Å². The molecule has 4 rings (SSSR count). The third kappa shape index (κ3) is 3.31. The van der Waals surface area contributed by atoms with Crippen molar-refractivity contribution in [2.24, 2.45) is 0 Å². The summed E-state index contributed by atoms with van der Waals surface area (Å²) < 4.78 is 5.86. The number of aromatic nitrogens is 1. The van der Waals surface area contributed by atoms with Crippen LogP contribution < -0.4 is 10.3 Å². The highest BCUT2D eigenvalue weighted by Crippen LogP contribution is 2.28. The van der Waals surface area contributed by atoms with Gasteiger partial charge in [-0.05, 0) is 28.8 Å². The number of aromatic amines is 1. The van der Waals surface area contributed by atoms with E-state index in [1.54, 1.807) is 6.07 Å². The summed E-state index contributed by atoms with van der Waals surface area (Å²) in [6.07, 6.45) is 0. The lowest BCUT2D eigenvalue weighted by Crippen LogP contribution is -2.05. The zero-order valence-corrected chi connectivity index (χ0v) is 13.6. The van der Waals surface area contributed by atoms with Crippen molar-refractivity contribution in [1.29, 1.82) is 0 Å². The van der Waals surface area contributed by atoms with Gasteiger partial charge in [-0.3, -0.25) is 4.79 Å². The molecule has 0 saturated heterocycles. The molecular weight excluding hydrogens is 310 g/mol. The van der Waals surface area contributed by atoms with Crippen LogP contribution in [0.1, 0.15) is 5.56 Å². The molecule has 0 aliphatic rings. The first-order valence-corrected chi connectivity index (χ1v) is 8.19. The van der Waals surface area contributed by atoms with E-state index in [0.29, 0.717) is 6.61 Å². The van der Waals surface area contributed by atoms with Crippen LogP contribution >= 0.6 is 0 Å². The predicted molar refractivity (Wildman–Crippen MR) is 101 cm³/mol. The third-order valence-corrected chi connectivity index (χ3v) is 4.15. The van der Waals surface area contributed by atoms with Crippen LogP contribution in [0.2, 0.25) is 0 Å². The van der Waals surface area contributed by atoms with Crippen molar-refractivity contribution < 1.29 is 4.74 Å². The predicted octanol–water partition coefficient (Wildman–Crippen LogP) is 4.77. The van der Waals surface area contributed by atoms with E-state index in [2.05, 4.69) is 4.98 Å². The van der Waals surface area contributed by atoms with Gasteiger partial charge in [0.1, 0.15) is 12.4 Å². The molecule has 0 bridgehead atoms. The zero-order chi connectivity index (χ0) is 17.1. The first-order valence-electron chi connectivity index (χ1n) is 8.19. The smallest absolute Gasteiger partial charge is 0.249 e. The molecule has 3 nitrogen and oxygen atoms in total. The van der Waals surface area contributed by atoms with E-state index in [9.17, 15) is 4.79 Å². The second-order valence-corrected chi connectivity index (χ2v) is 5.89. The standard InChI is InChI=1S/C22H17NO2/c24-22-14-20(17-9-5-2-6-10-17)19-12-11-18(13-21(19)23-22)25-15-16-7-3-1-4-8-16/h1-14H,15H2,(H,23,24). The van der Waals surface area contributed by atoms with Crippen molar-refractivity contribution in [2.75, 3.05) is 0 Å². The van der Waals surface area contributed by atoms with Gasteiger partial charge in [0.25, 0.3) is 0 Å². The minimum absolute atomic E-state index is 0.119. The summed E-state index contributed by atoms with van der Waals surface area (Å²) in [4.78, 5) is 15.0. The van der Waals surface area contributed by atoms with Crippen molar-refractivity contribution in [3.8, 4) is 16.9 Å². The molecule has 1 aromatic heterocycles. The molecule has 3 aromatic carbocycles. The minimum atomic E-state index is -0.119. The lowest BCUT2D eigenvalue weighted by Gasteiger charge is -2.10. The Balaban J connectivity index is 1.70. The fourth-order valence-electron chi connectivity index (χ4n) is 2.93. The molecule has 4 aromatic rings. The summed E-state index contributed by atoms with van der Waals surface area (Å²) in [6, 6.07) is 27.4. The van der Waals surface area contributed by atoms with Gasteiger partial charge in [-0.1, -0.05) is 60.7 Å². The SMILES string of the molecule is O=c1cc(-c2ccccc2)c2ccc(OCc3ccccc3)cc2[nH]1. The Morgan fingerprint density at radius 3 is 2.28 bits per heavy atom. The van der Waals surface area contributed by atoms with Crippen LogP contribution in [-0.4, -0.2) is 4.98 Å². The van der Waals surface area contributed by atoms with E-state index >= 15 is 0 Å². The van der Waals surface area contributed by atoms with Crippen molar-refractivity contribution in [3.63, 3.8) is 0 Å². The fraction of sp³-hybridized carbons (Fsp3) is 0.0455. The number of hydrogen-bond acceptors (Lipinski definition) is 2. The van der Waals surface area contributed by atoms with Gasteiger partial charge in [-0.15, -0.1) is 0 Å². The molecule has 0 atom stereocenters. The number of fused-ring (bicyclic) bond motifs is 1. The van der Waals surface area contributed by atoms with Crippen molar-refractivity contribution in [2.45, 2.75) is 6.61 Å². The molecule has 25 heavy (non-hydrogen) atoms. The van der Waals surface area contributed by atoms with E-state index in [0.717, 1.165) is 33.3 Å². The summed E-state index contributed by atoms with van der Waals surface area (Å²) in [5.41, 5.74) is 3.71. The van der Waals surface area contributed by atoms with Crippen LogP contribution in [0.3, 0.4) is 0 Å². The molecule has 1 heterocycles. The molecule has 0 radical (unpaired) electrons. The largest absolute Gasteiger partial charge is 0.489 e. The van der Waals surface area contributed by atoms with Crippen molar-refractivity contribution >= 4 is 10.9 Å². The Bertz CT molecular complexity index is 1050. The number of pyridine rings is 1. The normalized spacial score (nSPS) is 10.7. The van der Waals surface area contributed by atoms with Crippen LogP contribution in [0, 0.1) is 0 Å². The van der Waals surface area contributed by atoms with Gasteiger partial charge >= 0.3 is 0 Å². The molecule has 3 heteroatoms. The Morgan fingerprint density at radius 1 is 0.800 bits per heavy atom. The van der Waals surface area contributed by atoms with Crippen LogP contribution in [-0.2, 0) is 6.61 Å². The molecule has 0 amide bonds. The van der Waals surface area contributed by atoms with Crippen LogP contribution in [0.15, 0.2) is 89.7 Å². The number of benzene rings is 3. The Morgan fingerprint density at radius 2 is 1.52 bits per heavy atom. The van der Waals surface area contributed by atoms with Gasteiger partial charge in [-0.25, -0.2) is 0 Å². The molecule has 0 aliphatic heterocycles. The number of H-pyrrole nitrogens is 1. The maximum atomic E-state index is 12.1. The fourth-order valence-corrected chi connectivity index (χ4v) is 2.93. The molecule has 0 spiro atoms. The highest BCUT2D eigenvalue weighted by molar-refractivity contribution is 5.94. The second kappa shape index (κ2) is 6.65. The summed E-state index contributed by atoms with van der Waals surface area (Å²) in [5, 5.41) is 0.998. The average molecular weight is 327 g/mol. The third-order valence-electron chi connectivity index (χ3n) is 4.15. The summed E-state index contributed by atoms with van der Waals surface area (Å²) in [7, 11) is 0. The van der Waals surface area contributed by atoms with Crippen molar-refractivity contribution in [1.82, 2.24) is 4.98 Å². The quantitative estimate of drug-likeness (QED) is 0.586. The second-order valence-electron chi connectivity index (χ2n) is 5.89. The van der Waals surface area contributed by atoms with E-state index in [1.165, 1.54) is 0 Å². The molecule has 0 unspecified atom stereocenters. The van der Waals surface area contributed by atoms with E-state index < -0.39 is 0 Å². The number of ether oxygens (including phenoxy) is 1. The Labute approximate surface area is 145 Å². The van der Waals surface area contributed by atoms with E-state index in [1.807, 2.05) is 78.9 Å². The van der Waals surface area contributed by atoms with Crippen LogP contribution in [0.25, 0.3) is 22.0 Å². The Hall–Kier alpha value is -3.33. The van der Waals surface area contributed by atoms with Gasteiger partial charge in [-0.2, -0.15) is 0 Å². The van der Waals surface area contributed by atoms with Gasteiger partial charge in [0.15, 0.2) is 0 Å². The molecule has 1 N–H and O–H groups in total. The van der Waals surface area contributed by atoms with E-state index in [4.69, 9.17) is 4.74 Å². The molecule has 0 fully saturated rings. The van der Waals surface area contributed by atoms with Gasteiger partial charge in [0, 0.05) is 17.5 Å². The topological polar surface area (TPSA) is 42.1 Å². The average Bonchev–Trinajstić information content (AvgIpc) is 2.67. The lowest BCUT2D eigenvalue weighted by atomic mass is 10.0. The van der Waals surface area contributed by atoms with Gasteiger partial charge in [0.05, 0.1) is 5.52 Å². The first kappa shape index (κ1) is 15.2. The Kier molecular flexibility index (Phi) is 4.05. The lowest BCUT2D eigenvalue weighted by molar-refractivity contribution is 0.306. The number of nitrogens with one attached hydrogen (secondary N) is 1. The van der Waals surface area contributed by atoms with Gasteiger partial charge < -0.3 is 9.72 Å². The highest BCUT2D eigenvalue weighted by atomic mass is 16.5. The summed E-state index contributed by atoms with van der Waals surface area (Å²) in [6.45, 7) is 0.495. The molecule has 0 saturated carbocycles. The summed E-state index contributed by atoms with van der Waals surface area (Å²) >= 11 is 0. The monoisotopic (exact) mass is 327 g/mol. The number of rotatable bonds is 4. The number of hydrogen-bond donors (Lipinski definition) is 1. The molecule has 122 valence electrons. The maximum absolute atomic E-state index is 12.1. The van der Waals surface area contributed by atoms with Crippen molar-refractivity contribution in [3.05, 3.63) is 101 Å². The highest BCUT2D eigenvalue weighted by Gasteiger charge is 2.07. The zero-order valence-electron chi connectivity index (χ0n) is 13.6. The maximum Gasteiger partial charge on any atom is 0.249 e. The van der Waals surface area contributed by atoms with Gasteiger partial charge in [0.2, 0.25) is 5.56 Å².